The average molecular weight is 356 g/mol. The van der Waals surface area contributed by atoms with Crippen LogP contribution in [-0.2, 0) is 9.47 Å². The Kier molecular flexibility index (Phi) is 9.33. The fourth-order valence-electron chi connectivity index (χ4n) is 1.98. The van der Waals surface area contributed by atoms with E-state index >= 15 is 0 Å². The number of guanidine groups is 1. The third-order valence-corrected chi connectivity index (χ3v) is 4.44. The van der Waals surface area contributed by atoms with Crippen LogP contribution < -0.4 is 10.6 Å². The van der Waals surface area contributed by atoms with Crippen molar-refractivity contribution in [2.24, 2.45) is 4.99 Å². The zero-order chi connectivity index (χ0) is 17.9. The highest BCUT2D eigenvalue weighted by Gasteiger charge is 2.20. The van der Waals surface area contributed by atoms with Gasteiger partial charge in [-0.3, -0.25) is 4.99 Å². The van der Waals surface area contributed by atoms with Gasteiger partial charge in [-0.15, -0.1) is 11.3 Å². The summed E-state index contributed by atoms with van der Waals surface area (Å²) in [6, 6.07) is -0.0582. The molecule has 1 aromatic heterocycles. The molecule has 136 valence electrons. The van der Waals surface area contributed by atoms with Crippen molar-refractivity contribution in [3.05, 3.63) is 15.6 Å². The number of ether oxygens (including phenoxy) is 2. The van der Waals surface area contributed by atoms with Gasteiger partial charge in [-0.1, -0.05) is 0 Å². The minimum atomic E-state index is -0.314. The van der Waals surface area contributed by atoms with Gasteiger partial charge in [0, 0.05) is 26.8 Å². The van der Waals surface area contributed by atoms with E-state index in [-0.39, 0.29) is 12.0 Å². The maximum absolute atomic E-state index is 11.9. The van der Waals surface area contributed by atoms with Crippen molar-refractivity contribution in [3.63, 3.8) is 0 Å². The van der Waals surface area contributed by atoms with Crippen molar-refractivity contribution in [1.82, 2.24) is 15.6 Å². The van der Waals surface area contributed by atoms with E-state index in [4.69, 9.17) is 9.47 Å². The number of aromatic nitrogens is 1. The molecular weight excluding hydrogens is 328 g/mol. The summed E-state index contributed by atoms with van der Waals surface area (Å²) in [4.78, 5) is 21.5. The molecule has 2 N–H and O–H groups in total. The molecule has 0 aliphatic rings. The van der Waals surface area contributed by atoms with Crippen LogP contribution in [0, 0.1) is 6.92 Å². The number of hydrogen-bond donors (Lipinski definition) is 2. The third-order valence-electron chi connectivity index (χ3n) is 3.12. The fraction of sp³-hybridized carbons (Fsp3) is 0.688. The Labute approximate surface area is 147 Å². The van der Waals surface area contributed by atoms with Gasteiger partial charge in [-0.25, -0.2) is 9.78 Å². The summed E-state index contributed by atoms with van der Waals surface area (Å²) < 4.78 is 10.1. The van der Waals surface area contributed by atoms with E-state index in [0.29, 0.717) is 30.3 Å². The van der Waals surface area contributed by atoms with Crippen LogP contribution in [-0.4, -0.2) is 50.3 Å². The molecular formula is C16H28N4O3S. The molecule has 0 bridgehead atoms. The number of hydrogen-bond acceptors (Lipinski definition) is 6. The summed E-state index contributed by atoms with van der Waals surface area (Å²) in [5.74, 6) is 0.415. The molecule has 1 aromatic rings. The SMILES string of the molecule is CCNC(=NCCCOC)NC(C)c1nc(C)c(C(=O)OCC)s1. The molecule has 1 unspecified atom stereocenters. The summed E-state index contributed by atoms with van der Waals surface area (Å²) in [5, 5.41) is 7.36. The third kappa shape index (κ3) is 6.45. The minimum Gasteiger partial charge on any atom is -0.462 e. The summed E-state index contributed by atoms with van der Waals surface area (Å²) in [6.07, 6.45) is 0.866. The van der Waals surface area contributed by atoms with Gasteiger partial charge in [0.1, 0.15) is 9.88 Å². The topological polar surface area (TPSA) is 84.8 Å². The quantitative estimate of drug-likeness (QED) is 0.306. The maximum atomic E-state index is 11.9. The smallest absolute Gasteiger partial charge is 0.350 e. The summed E-state index contributed by atoms with van der Waals surface area (Å²) in [7, 11) is 1.68. The standard InChI is InChI=1S/C16H28N4O3S/c1-6-17-16(18-9-8-10-22-5)20-12(4)14-19-11(3)13(24-14)15(21)23-7-2/h12H,6-10H2,1-5H3,(H2,17,18,20). The van der Waals surface area contributed by atoms with E-state index in [0.717, 1.165) is 23.9 Å². The molecule has 0 aliphatic carbocycles. The molecule has 0 amide bonds. The van der Waals surface area contributed by atoms with Crippen molar-refractivity contribution < 1.29 is 14.3 Å². The Bertz CT molecular complexity index is 545. The van der Waals surface area contributed by atoms with Crippen LogP contribution in [0.2, 0.25) is 0 Å². The maximum Gasteiger partial charge on any atom is 0.350 e. The average Bonchev–Trinajstić information content (AvgIpc) is 2.94. The van der Waals surface area contributed by atoms with Gasteiger partial charge in [-0.2, -0.15) is 0 Å². The van der Waals surface area contributed by atoms with Gasteiger partial charge in [0.2, 0.25) is 0 Å². The van der Waals surface area contributed by atoms with Crippen molar-refractivity contribution >= 4 is 23.3 Å². The number of esters is 1. The van der Waals surface area contributed by atoms with E-state index in [1.165, 1.54) is 11.3 Å². The lowest BCUT2D eigenvalue weighted by Crippen LogP contribution is -2.38. The van der Waals surface area contributed by atoms with Crippen molar-refractivity contribution in [1.29, 1.82) is 0 Å². The molecule has 8 heteroatoms. The van der Waals surface area contributed by atoms with Crippen molar-refractivity contribution in [2.75, 3.05) is 33.4 Å². The predicted octanol–water partition coefficient (Wildman–Crippen LogP) is 2.28. The number of carbonyl (C=O) groups is 1. The Balaban J connectivity index is 2.75. The molecule has 0 aliphatic heterocycles. The molecule has 0 radical (unpaired) electrons. The molecule has 1 rings (SSSR count). The molecule has 0 aromatic carbocycles. The molecule has 0 fully saturated rings. The summed E-state index contributed by atoms with van der Waals surface area (Å²) in [6.45, 7) is 10.1. The van der Waals surface area contributed by atoms with Crippen LogP contribution in [0.4, 0.5) is 0 Å². The van der Waals surface area contributed by atoms with Crippen LogP contribution in [0.5, 0.6) is 0 Å². The first-order chi connectivity index (χ1) is 11.5. The predicted molar refractivity (Wildman–Crippen MR) is 96.8 cm³/mol. The van der Waals surface area contributed by atoms with Gasteiger partial charge < -0.3 is 20.1 Å². The number of rotatable bonds is 9. The second-order valence-electron chi connectivity index (χ2n) is 5.16. The van der Waals surface area contributed by atoms with E-state index < -0.39 is 0 Å². The molecule has 7 nitrogen and oxygen atoms in total. The monoisotopic (exact) mass is 356 g/mol. The zero-order valence-electron chi connectivity index (χ0n) is 15.1. The van der Waals surface area contributed by atoms with Crippen LogP contribution in [0.1, 0.15) is 53.6 Å². The van der Waals surface area contributed by atoms with Gasteiger partial charge in [0.05, 0.1) is 18.3 Å². The normalized spacial score (nSPS) is 12.8. The number of nitrogens with one attached hydrogen (secondary N) is 2. The summed E-state index contributed by atoms with van der Waals surface area (Å²) in [5.41, 5.74) is 0.698. The van der Waals surface area contributed by atoms with E-state index in [9.17, 15) is 4.79 Å². The van der Waals surface area contributed by atoms with Crippen LogP contribution in [0.25, 0.3) is 0 Å². The first-order valence-corrected chi connectivity index (χ1v) is 9.03. The Morgan fingerprint density at radius 3 is 2.79 bits per heavy atom. The van der Waals surface area contributed by atoms with Gasteiger partial charge in [-0.05, 0) is 34.1 Å². The zero-order valence-corrected chi connectivity index (χ0v) is 16.0. The molecule has 0 saturated heterocycles. The lowest BCUT2D eigenvalue weighted by atomic mass is 10.3. The van der Waals surface area contributed by atoms with Gasteiger partial charge in [0.25, 0.3) is 0 Å². The molecule has 0 spiro atoms. The molecule has 1 atom stereocenters. The largest absolute Gasteiger partial charge is 0.462 e. The Morgan fingerprint density at radius 2 is 2.17 bits per heavy atom. The molecule has 24 heavy (non-hydrogen) atoms. The van der Waals surface area contributed by atoms with Crippen LogP contribution in [0.15, 0.2) is 4.99 Å². The number of aryl methyl sites for hydroxylation is 1. The number of aliphatic imine (C=N–C) groups is 1. The highest BCUT2D eigenvalue weighted by molar-refractivity contribution is 7.13. The van der Waals surface area contributed by atoms with Crippen LogP contribution in [0.3, 0.4) is 0 Å². The lowest BCUT2D eigenvalue weighted by Gasteiger charge is -2.16. The highest BCUT2D eigenvalue weighted by atomic mass is 32.1. The van der Waals surface area contributed by atoms with Crippen LogP contribution >= 0.6 is 11.3 Å². The number of methoxy groups -OCH3 is 1. The fourth-order valence-corrected chi connectivity index (χ4v) is 2.94. The number of carbonyl (C=O) groups excluding carboxylic acids is 1. The minimum absolute atomic E-state index is 0.0582. The van der Waals surface area contributed by atoms with Crippen molar-refractivity contribution in [3.8, 4) is 0 Å². The molecule has 1 heterocycles. The van der Waals surface area contributed by atoms with Gasteiger partial charge >= 0.3 is 5.97 Å². The van der Waals surface area contributed by atoms with E-state index in [1.807, 2.05) is 20.8 Å². The van der Waals surface area contributed by atoms with Gasteiger partial charge in [0.15, 0.2) is 5.96 Å². The second kappa shape index (κ2) is 11.0. The number of thiazole rings is 1. The Morgan fingerprint density at radius 1 is 1.42 bits per heavy atom. The second-order valence-corrected chi connectivity index (χ2v) is 6.19. The van der Waals surface area contributed by atoms with Crippen molar-refractivity contribution in [2.45, 2.75) is 40.2 Å². The number of nitrogens with zero attached hydrogens (tertiary/aromatic N) is 2. The van der Waals surface area contributed by atoms with E-state index in [1.54, 1.807) is 14.0 Å². The molecule has 0 saturated carbocycles. The summed E-state index contributed by atoms with van der Waals surface area (Å²) >= 11 is 1.36. The highest BCUT2D eigenvalue weighted by Crippen LogP contribution is 2.24. The van der Waals surface area contributed by atoms with E-state index in [2.05, 4.69) is 20.6 Å². The Hall–Kier alpha value is -1.67. The first-order valence-electron chi connectivity index (χ1n) is 8.21. The lowest BCUT2D eigenvalue weighted by molar-refractivity contribution is 0.0531. The first kappa shape index (κ1) is 20.4.